The number of hydrogen-bond donors (Lipinski definition) is 0. The summed E-state index contributed by atoms with van der Waals surface area (Å²) in [6.45, 7) is 2.02. The van der Waals surface area contributed by atoms with Gasteiger partial charge in [0.25, 0.3) is 0 Å². The fourth-order valence-electron chi connectivity index (χ4n) is 4.21. The highest BCUT2D eigenvalue weighted by Crippen LogP contribution is 2.32. The third kappa shape index (κ3) is 3.41. The highest BCUT2D eigenvalue weighted by atomic mass is 19.1. The minimum atomic E-state index is -0.596. The fourth-order valence-corrected chi connectivity index (χ4v) is 4.21. The van der Waals surface area contributed by atoms with Crippen LogP contribution in [0.1, 0.15) is 11.4 Å². The van der Waals surface area contributed by atoms with E-state index in [0.29, 0.717) is 40.5 Å². The first-order valence-corrected chi connectivity index (χ1v) is 10.6. The summed E-state index contributed by atoms with van der Waals surface area (Å²) in [6, 6.07) is 10.5. The molecule has 0 saturated carbocycles. The summed E-state index contributed by atoms with van der Waals surface area (Å²) in [6.07, 6.45) is 3.43. The van der Waals surface area contributed by atoms with Crippen LogP contribution >= 0.6 is 0 Å². The van der Waals surface area contributed by atoms with E-state index in [1.807, 2.05) is 24.3 Å². The van der Waals surface area contributed by atoms with Gasteiger partial charge in [0, 0.05) is 31.3 Å². The monoisotopic (exact) mass is 459 g/mol. The average Bonchev–Trinajstić information content (AvgIpc) is 3.09. The van der Waals surface area contributed by atoms with E-state index >= 15 is 0 Å². The molecule has 172 valence electrons. The first kappa shape index (κ1) is 21.7. The van der Waals surface area contributed by atoms with Crippen molar-refractivity contribution in [3.05, 3.63) is 76.6 Å². The van der Waals surface area contributed by atoms with E-state index in [1.165, 1.54) is 10.6 Å². The summed E-state index contributed by atoms with van der Waals surface area (Å²) in [5, 5.41) is 0.774. The summed E-state index contributed by atoms with van der Waals surface area (Å²) in [7, 11) is 4.89. The molecular formula is C25H22FN5O3. The Morgan fingerprint density at radius 3 is 2.59 bits per heavy atom. The Morgan fingerprint density at radius 2 is 1.85 bits per heavy atom. The Labute approximate surface area is 194 Å². The molecule has 0 fully saturated rings. The Bertz CT molecular complexity index is 1620. The van der Waals surface area contributed by atoms with Crippen LogP contribution in [0.4, 0.5) is 4.39 Å². The number of hydrogen-bond acceptors (Lipinski definition) is 6. The number of halogens is 1. The molecule has 9 heteroatoms. The van der Waals surface area contributed by atoms with E-state index in [0.717, 1.165) is 22.0 Å². The smallest absolute Gasteiger partial charge is 0.333 e. The molecule has 4 aromatic heterocycles. The fraction of sp³-hybridized carbons (Fsp3) is 0.200. The van der Waals surface area contributed by atoms with Crippen molar-refractivity contribution in [3.63, 3.8) is 0 Å². The maximum atomic E-state index is 13.7. The quantitative estimate of drug-likeness (QED) is 0.370. The molecule has 1 aromatic carbocycles. The summed E-state index contributed by atoms with van der Waals surface area (Å²) >= 11 is 0. The molecule has 0 unspecified atom stereocenters. The lowest BCUT2D eigenvalue weighted by atomic mass is 10.0. The third-order valence-electron chi connectivity index (χ3n) is 5.91. The second-order valence-corrected chi connectivity index (χ2v) is 7.95. The van der Waals surface area contributed by atoms with Crippen LogP contribution in [0.5, 0.6) is 5.75 Å². The van der Waals surface area contributed by atoms with Crippen LogP contribution < -0.4 is 10.4 Å². The SMILES string of the molecule is COCc1ncc(-c2ccc3ncc4c(c3c2)n(-c2ccc(F)nc2C)c(=O)n4C)cc1OC. The van der Waals surface area contributed by atoms with Gasteiger partial charge in [0.05, 0.1) is 47.8 Å². The van der Waals surface area contributed by atoms with E-state index in [1.54, 1.807) is 51.2 Å². The van der Waals surface area contributed by atoms with Crippen LogP contribution in [0.3, 0.4) is 0 Å². The van der Waals surface area contributed by atoms with E-state index in [2.05, 4.69) is 15.0 Å². The molecule has 0 aliphatic carbocycles. The van der Waals surface area contributed by atoms with Crippen LogP contribution in [0.2, 0.25) is 0 Å². The lowest BCUT2D eigenvalue weighted by Gasteiger charge is -2.11. The molecular weight excluding hydrogens is 437 g/mol. The molecule has 4 heterocycles. The summed E-state index contributed by atoms with van der Waals surface area (Å²) in [4.78, 5) is 26.2. The number of methoxy groups -OCH3 is 2. The summed E-state index contributed by atoms with van der Waals surface area (Å²) < 4.78 is 27.5. The molecule has 5 rings (SSSR count). The van der Waals surface area contributed by atoms with Gasteiger partial charge in [-0.05, 0) is 42.8 Å². The number of aromatic nitrogens is 5. The van der Waals surface area contributed by atoms with Crippen molar-refractivity contribution in [3.8, 4) is 22.6 Å². The van der Waals surface area contributed by atoms with Crippen molar-refractivity contribution >= 4 is 21.9 Å². The largest absolute Gasteiger partial charge is 0.495 e. The molecule has 0 spiro atoms. The first-order chi connectivity index (χ1) is 16.4. The van der Waals surface area contributed by atoms with Crippen LogP contribution in [0.15, 0.2) is 53.6 Å². The Morgan fingerprint density at radius 1 is 1.03 bits per heavy atom. The number of imidazole rings is 1. The van der Waals surface area contributed by atoms with Crippen LogP contribution in [0.25, 0.3) is 38.8 Å². The maximum Gasteiger partial charge on any atom is 0.333 e. The minimum Gasteiger partial charge on any atom is -0.495 e. The van der Waals surface area contributed by atoms with Gasteiger partial charge in [-0.15, -0.1) is 0 Å². The highest BCUT2D eigenvalue weighted by molar-refractivity contribution is 6.04. The number of nitrogens with zero attached hydrogens (tertiary/aromatic N) is 5. The molecule has 5 aromatic rings. The zero-order valence-corrected chi connectivity index (χ0v) is 19.2. The lowest BCUT2D eigenvalue weighted by molar-refractivity contribution is 0.178. The number of fused-ring (bicyclic) bond motifs is 3. The van der Waals surface area contributed by atoms with Crippen LogP contribution in [-0.4, -0.2) is 38.3 Å². The predicted octanol–water partition coefficient (Wildman–Crippen LogP) is 3.94. The molecule has 0 bridgehead atoms. The normalized spacial score (nSPS) is 11.4. The van der Waals surface area contributed by atoms with E-state index in [9.17, 15) is 9.18 Å². The number of rotatable bonds is 5. The topological polar surface area (TPSA) is 84.1 Å². The van der Waals surface area contributed by atoms with Crippen LogP contribution in [-0.2, 0) is 18.4 Å². The molecule has 0 aliphatic rings. The van der Waals surface area contributed by atoms with Gasteiger partial charge in [-0.25, -0.2) is 9.78 Å². The molecule has 8 nitrogen and oxygen atoms in total. The third-order valence-corrected chi connectivity index (χ3v) is 5.91. The Hall–Kier alpha value is -4.11. The summed E-state index contributed by atoms with van der Waals surface area (Å²) in [5.74, 6) is 0.0297. The molecule has 0 saturated heterocycles. The van der Waals surface area contributed by atoms with Gasteiger partial charge >= 0.3 is 5.69 Å². The standard InChI is InChI=1S/C25H22FN5O3/c1-14-20(7-8-23(26)29-14)31-24-17-9-15(16-10-22(34-4)19(13-33-3)27-11-16)5-6-18(17)28-12-21(24)30(2)25(31)32/h5-12H,13H2,1-4H3. The number of benzene rings is 1. The number of pyridine rings is 3. The maximum absolute atomic E-state index is 13.7. The van der Waals surface area contributed by atoms with Crippen molar-refractivity contribution in [2.45, 2.75) is 13.5 Å². The van der Waals surface area contributed by atoms with Gasteiger partial charge < -0.3 is 9.47 Å². The number of ether oxygens (including phenoxy) is 2. The van der Waals surface area contributed by atoms with Gasteiger partial charge in [-0.2, -0.15) is 4.39 Å². The highest BCUT2D eigenvalue weighted by Gasteiger charge is 2.19. The molecule has 0 aliphatic heterocycles. The van der Waals surface area contributed by atoms with E-state index in [4.69, 9.17) is 9.47 Å². The van der Waals surface area contributed by atoms with Crippen LogP contribution in [0, 0.1) is 12.9 Å². The van der Waals surface area contributed by atoms with Crippen molar-refractivity contribution in [2.24, 2.45) is 7.05 Å². The molecule has 0 amide bonds. The van der Waals surface area contributed by atoms with Crippen molar-refractivity contribution < 1.29 is 13.9 Å². The summed E-state index contributed by atoms with van der Waals surface area (Å²) in [5.41, 5.74) is 5.15. The average molecular weight is 459 g/mol. The van der Waals surface area contributed by atoms with E-state index in [-0.39, 0.29) is 5.69 Å². The van der Waals surface area contributed by atoms with Gasteiger partial charge in [-0.1, -0.05) is 6.07 Å². The first-order valence-electron chi connectivity index (χ1n) is 10.6. The zero-order valence-electron chi connectivity index (χ0n) is 19.2. The van der Waals surface area contributed by atoms with Crippen molar-refractivity contribution in [1.82, 2.24) is 24.1 Å². The predicted molar refractivity (Wildman–Crippen MR) is 127 cm³/mol. The molecule has 0 radical (unpaired) electrons. The van der Waals surface area contributed by atoms with Crippen molar-refractivity contribution in [2.75, 3.05) is 14.2 Å². The second-order valence-electron chi connectivity index (χ2n) is 7.95. The van der Waals surface area contributed by atoms with Crippen molar-refractivity contribution in [1.29, 1.82) is 0 Å². The molecule has 0 N–H and O–H groups in total. The minimum absolute atomic E-state index is 0.265. The van der Waals surface area contributed by atoms with E-state index < -0.39 is 5.95 Å². The molecule has 34 heavy (non-hydrogen) atoms. The Balaban J connectivity index is 1.79. The second kappa shape index (κ2) is 8.35. The van der Waals surface area contributed by atoms with Gasteiger partial charge in [0.15, 0.2) is 0 Å². The van der Waals surface area contributed by atoms with Gasteiger partial charge in [-0.3, -0.25) is 19.1 Å². The number of aryl methyl sites for hydroxylation is 2. The zero-order chi connectivity index (χ0) is 24.0. The lowest BCUT2D eigenvalue weighted by Crippen LogP contribution is -2.21. The Kier molecular flexibility index (Phi) is 5.33. The molecule has 0 atom stereocenters. The van der Waals surface area contributed by atoms with Gasteiger partial charge in [0.2, 0.25) is 5.95 Å². The van der Waals surface area contributed by atoms with Gasteiger partial charge in [0.1, 0.15) is 11.4 Å².